The van der Waals surface area contributed by atoms with Gasteiger partial charge in [0.15, 0.2) is 5.13 Å². The Balaban J connectivity index is 1.94. The molecule has 3 rings (SSSR count). The van der Waals surface area contributed by atoms with Gasteiger partial charge in [0.05, 0.1) is 4.70 Å². The number of fused-ring (bicyclic) bond motifs is 1. The normalized spacial score (nSPS) is 10.8. The van der Waals surface area contributed by atoms with E-state index in [-0.39, 0.29) is 11.3 Å². The van der Waals surface area contributed by atoms with E-state index in [4.69, 9.17) is 9.52 Å². The molecule has 6 nitrogen and oxygen atoms in total. The number of carbonyl (C=O) groups is 1. The number of thiazole rings is 1. The third kappa shape index (κ3) is 2.71. The molecule has 0 saturated carbocycles. The van der Waals surface area contributed by atoms with Crippen molar-refractivity contribution in [2.45, 2.75) is 6.54 Å². The first-order valence-electron chi connectivity index (χ1n) is 6.47. The summed E-state index contributed by atoms with van der Waals surface area (Å²) in [5, 5.41) is 9.61. The molecular weight excluding hydrogens is 304 g/mol. The Morgan fingerprint density at radius 2 is 2.09 bits per heavy atom. The van der Waals surface area contributed by atoms with Crippen molar-refractivity contribution in [1.82, 2.24) is 4.98 Å². The summed E-state index contributed by atoms with van der Waals surface area (Å²) in [5.41, 5.74) is 0.0165. The van der Waals surface area contributed by atoms with Crippen LogP contribution in [0, 0.1) is 0 Å². The number of carboxylic acids is 1. The van der Waals surface area contributed by atoms with Crippen LogP contribution in [-0.2, 0) is 6.54 Å². The molecule has 2 heterocycles. The van der Waals surface area contributed by atoms with E-state index >= 15 is 0 Å². The fourth-order valence-corrected chi connectivity index (χ4v) is 2.94. The second-order valence-electron chi connectivity index (χ2n) is 4.76. The Labute approximate surface area is 129 Å². The Bertz CT molecular complexity index is 885. The maximum absolute atomic E-state index is 11.5. The largest absolute Gasteiger partial charge is 0.477 e. The zero-order valence-electron chi connectivity index (χ0n) is 11.6. The van der Waals surface area contributed by atoms with Crippen molar-refractivity contribution in [2.75, 3.05) is 11.9 Å². The highest BCUT2D eigenvalue weighted by atomic mass is 32.1. The maximum Gasteiger partial charge on any atom is 0.352 e. The molecule has 0 radical (unpaired) electrons. The number of benzene rings is 1. The molecule has 0 unspecified atom stereocenters. The van der Waals surface area contributed by atoms with Crippen LogP contribution >= 0.6 is 11.3 Å². The number of rotatable bonds is 4. The Morgan fingerprint density at radius 3 is 2.77 bits per heavy atom. The van der Waals surface area contributed by atoms with Crippen molar-refractivity contribution in [3.05, 3.63) is 57.9 Å². The van der Waals surface area contributed by atoms with Crippen molar-refractivity contribution in [1.29, 1.82) is 0 Å². The van der Waals surface area contributed by atoms with E-state index in [1.54, 1.807) is 0 Å². The molecule has 0 spiro atoms. The molecule has 0 fully saturated rings. The minimum absolute atomic E-state index is 0.162. The lowest BCUT2D eigenvalue weighted by atomic mass is 10.2. The van der Waals surface area contributed by atoms with Crippen LogP contribution in [0.25, 0.3) is 10.4 Å². The van der Waals surface area contributed by atoms with Gasteiger partial charge >= 0.3 is 11.6 Å². The Hall–Kier alpha value is -2.67. The van der Waals surface area contributed by atoms with Crippen LogP contribution in [0.3, 0.4) is 0 Å². The van der Waals surface area contributed by atoms with E-state index in [0.717, 1.165) is 5.56 Å². The van der Waals surface area contributed by atoms with Gasteiger partial charge in [-0.3, -0.25) is 0 Å². The number of aromatic nitrogens is 1. The van der Waals surface area contributed by atoms with Crippen LogP contribution < -0.4 is 10.5 Å². The second-order valence-corrected chi connectivity index (χ2v) is 5.77. The molecule has 0 bridgehead atoms. The highest BCUT2D eigenvalue weighted by molar-refractivity contribution is 7.22. The smallest absolute Gasteiger partial charge is 0.352 e. The molecule has 1 aromatic carbocycles. The first-order valence-corrected chi connectivity index (χ1v) is 7.29. The Morgan fingerprint density at radius 1 is 1.36 bits per heavy atom. The molecule has 0 aliphatic rings. The topological polar surface area (TPSA) is 83.6 Å². The second kappa shape index (κ2) is 5.61. The molecule has 0 amide bonds. The molecule has 0 aliphatic heterocycles. The van der Waals surface area contributed by atoms with Gasteiger partial charge in [-0.2, -0.15) is 4.98 Å². The van der Waals surface area contributed by atoms with Crippen LogP contribution in [0.2, 0.25) is 0 Å². The number of hydrogen-bond donors (Lipinski definition) is 1. The van der Waals surface area contributed by atoms with E-state index in [2.05, 4.69) is 4.98 Å². The number of hydrogen-bond acceptors (Lipinski definition) is 6. The zero-order valence-corrected chi connectivity index (χ0v) is 12.5. The van der Waals surface area contributed by atoms with Crippen LogP contribution in [0.15, 0.2) is 45.6 Å². The van der Waals surface area contributed by atoms with Crippen molar-refractivity contribution in [2.24, 2.45) is 0 Å². The Kier molecular flexibility index (Phi) is 3.64. The molecule has 22 heavy (non-hydrogen) atoms. The van der Waals surface area contributed by atoms with Crippen molar-refractivity contribution >= 4 is 32.9 Å². The zero-order chi connectivity index (χ0) is 15.7. The van der Waals surface area contributed by atoms with E-state index in [1.807, 2.05) is 42.3 Å². The molecular formula is C15H12N2O4S. The van der Waals surface area contributed by atoms with Crippen LogP contribution in [0.1, 0.15) is 15.9 Å². The summed E-state index contributed by atoms with van der Waals surface area (Å²) in [6.45, 7) is 0.649. The number of carboxylic acid groups (broad SMARTS) is 1. The molecule has 1 N–H and O–H groups in total. The van der Waals surface area contributed by atoms with Crippen molar-refractivity contribution < 1.29 is 14.3 Å². The molecule has 2 aromatic heterocycles. The fourth-order valence-electron chi connectivity index (χ4n) is 2.04. The number of nitrogens with zero attached hydrogens (tertiary/aromatic N) is 2. The van der Waals surface area contributed by atoms with Gasteiger partial charge in [0.2, 0.25) is 5.71 Å². The summed E-state index contributed by atoms with van der Waals surface area (Å²) in [4.78, 5) is 28.7. The summed E-state index contributed by atoms with van der Waals surface area (Å²) >= 11 is 1.28. The fraction of sp³-hybridized carbons (Fsp3) is 0.133. The third-order valence-corrected chi connectivity index (χ3v) is 4.21. The van der Waals surface area contributed by atoms with Crippen LogP contribution in [-0.4, -0.2) is 23.1 Å². The van der Waals surface area contributed by atoms with Gasteiger partial charge in [0, 0.05) is 13.6 Å². The maximum atomic E-state index is 11.5. The molecule has 0 atom stereocenters. The van der Waals surface area contributed by atoms with Gasteiger partial charge in [0.25, 0.3) is 0 Å². The molecule has 0 aliphatic carbocycles. The van der Waals surface area contributed by atoms with Crippen LogP contribution in [0.4, 0.5) is 5.13 Å². The summed E-state index contributed by atoms with van der Waals surface area (Å²) in [6.07, 6.45) is 0. The minimum atomic E-state index is -1.30. The summed E-state index contributed by atoms with van der Waals surface area (Å²) in [5.74, 6) is -1.30. The lowest BCUT2D eigenvalue weighted by molar-refractivity contribution is 0.0692. The highest BCUT2D eigenvalue weighted by Gasteiger charge is 2.16. The first kappa shape index (κ1) is 14.3. The van der Waals surface area contributed by atoms with E-state index < -0.39 is 11.6 Å². The molecule has 3 aromatic rings. The predicted octanol–water partition coefficient (Wildman–Crippen LogP) is 2.58. The standard InChI is InChI=1S/C15H12N2O4S/c1-17(8-9-5-3-2-4-6-9)15-16-12-11(22-15)7-10(13(18)19)14(20)21-12/h2-7H,8H2,1H3,(H,18,19). The quantitative estimate of drug-likeness (QED) is 0.796. The van der Waals surface area contributed by atoms with Crippen LogP contribution in [0.5, 0.6) is 0 Å². The third-order valence-electron chi connectivity index (χ3n) is 3.11. The van der Waals surface area contributed by atoms with Crippen molar-refractivity contribution in [3.8, 4) is 0 Å². The monoisotopic (exact) mass is 316 g/mol. The average molecular weight is 316 g/mol. The van der Waals surface area contributed by atoms with Gasteiger partial charge in [-0.15, -0.1) is 0 Å². The molecule has 112 valence electrons. The summed E-state index contributed by atoms with van der Waals surface area (Å²) < 4.78 is 5.51. The lowest BCUT2D eigenvalue weighted by Crippen LogP contribution is -2.15. The van der Waals surface area contributed by atoms with Crippen molar-refractivity contribution in [3.63, 3.8) is 0 Å². The van der Waals surface area contributed by atoms with E-state index in [1.165, 1.54) is 17.4 Å². The SMILES string of the molecule is CN(Cc1ccccc1)c1nc2oc(=O)c(C(=O)O)cc2s1. The van der Waals surface area contributed by atoms with E-state index in [9.17, 15) is 9.59 Å². The molecule has 0 saturated heterocycles. The average Bonchev–Trinajstić information content (AvgIpc) is 2.90. The predicted molar refractivity (Wildman–Crippen MR) is 83.7 cm³/mol. The van der Waals surface area contributed by atoms with E-state index in [0.29, 0.717) is 16.4 Å². The van der Waals surface area contributed by atoms with Gasteiger partial charge in [-0.25, -0.2) is 9.59 Å². The number of anilines is 1. The highest BCUT2D eigenvalue weighted by Crippen LogP contribution is 2.28. The molecule has 7 heteroatoms. The minimum Gasteiger partial charge on any atom is -0.477 e. The first-order chi connectivity index (χ1) is 10.5. The summed E-state index contributed by atoms with van der Waals surface area (Å²) in [6, 6.07) is 11.2. The van der Waals surface area contributed by atoms with Gasteiger partial charge in [-0.05, 0) is 11.6 Å². The number of aromatic carboxylic acids is 1. The van der Waals surface area contributed by atoms with Gasteiger partial charge in [0.1, 0.15) is 5.56 Å². The summed E-state index contributed by atoms with van der Waals surface area (Å²) in [7, 11) is 1.88. The van der Waals surface area contributed by atoms with Gasteiger partial charge in [-0.1, -0.05) is 41.7 Å². The van der Waals surface area contributed by atoms with Gasteiger partial charge < -0.3 is 14.4 Å². The lowest BCUT2D eigenvalue weighted by Gasteiger charge is -2.15.